The topological polar surface area (TPSA) is 84.0 Å². The van der Waals surface area contributed by atoms with E-state index in [0.717, 1.165) is 16.8 Å². The minimum absolute atomic E-state index is 0.0341. The van der Waals surface area contributed by atoms with Crippen molar-refractivity contribution in [3.05, 3.63) is 75.7 Å². The molecule has 1 aromatic heterocycles. The van der Waals surface area contributed by atoms with Crippen molar-refractivity contribution in [2.45, 2.75) is 25.6 Å². The van der Waals surface area contributed by atoms with E-state index in [2.05, 4.69) is 20.8 Å². The lowest BCUT2D eigenvalue weighted by atomic mass is 10.1. The maximum atomic E-state index is 12.3. The average molecular weight is 427 g/mol. The fourth-order valence-corrected chi connectivity index (χ4v) is 4.18. The number of carbonyl (C=O) groups is 2. The lowest BCUT2D eigenvalue weighted by molar-refractivity contribution is -0.119. The molecule has 8 heteroatoms. The fourth-order valence-electron chi connectivity index (χ4n) is 2.56. The van der Waals surface area contributed by atoms with Crippen LogP contribution in [0.5, 0.6) is 0 Å². The minimum Gasteiger partial charge on any atom is -0.349 e. The van der Waals surface area contributed by atoms with Crippen LogP contribution in [-0.4, -0.2) is 27.8 Å². The molecule has 0 aliphatic rings. The third-order valence-electron chi connectivity index (χ3n) is 4.11. The first-order chi connectivity index (χ1) is 14.0. The highest BCUT2D eigenvalue weighted by Crippen LogP contribution is 2.19. The standard InChI is InChI=1S/C21H22N4O2S2/c1-14-8-10-17(11-9-14)23-20(27)21-25-24-19(29-21)13-28-12-18(26)22-15(2)16-6-4-3-5-7-16/h3-11,15H,12-13H2,1-2H3,(H,22,26)(H,23,27). The molecule has 0 aliphatic heterocycles. The summed E-state index contributed by atoms with van der Waals surface area (Å²) in [4.78, 5) is 24.4. The number of rotatable bonds is 8. The van der Waals surface area contributed by atoms with E-state index in [9.17, 15) is 9.59 Å². The summed E-state index contributed by atoms with van der Waals surface area (Å²) in [6, 6.07) is 17.4. The summed E-state index contributed by atoms with van der Waals surface area (Å²) in [6.45, 7) is 3.95. The van der Waals surface area contributed by atoms with Crippen molar-refractivity contribution in [2.24, 2.45) is 0 Å². The molecule has 0 fully saturated rings. The van der Waals surface area contributed by atoms with Crippen LogP contribution in [0, 0.1) is 6.92 Å². The molecule has 1 unspecified atom stereocenters. The number of nitrogens with one attached hydrogen (secondary N) is 2. The van der Waals surface area contributed by atoms with Gasteiger partial charge in [0.2, 0.25) is 10.9 Å². The second kappa shape index (κ2) is 10.2. The monoisotopic (exact) mass is 426 g/mol. The third kappa shape index (κ3) is 6.40. The van der Waals surface area contributed by atoms with Crippen molar-refractivity contribution in [3.63, 3.8) is 0 Å². The zero-order chi connectivity index (χ0) is 20.6. The lowest BCUT2D eigenvalue weighted by Gasteiger charge is -2.13. The summed E-state index contributed by atoms with van der Waals surface area (Å²) < 4.78 is 0. The van der Waals surface area contributed by atoms with Gasteiger partial charge in [0.15, 0.2) is 0 Å². The van der Waals surface area contributed by atoms with Gasteiger partial charge in [0, 0.05) is 11.4 Å². The van der Waals surface area contributed by atoms with Gasteiger partial charge in [-0.25, -0.2) is 0 Å². The number of benzene rings is 2. The van der Waals surface area contributed by atoms with Gasteiger partial charge in [0.1, 0.15) is 5.01 Å². The third-order valence-corrected chi connectivity index (χ3v) is 6.15. The number of hydrogen-bond acceptors (Lipinski definition) is 6. The second-order valence-electron chi connectivity index (χ2n) is 6.51. The Kier molecular flexibility index (Phi) is 7.37. The Hall–Kier alpha value is -2.71. The number of carbonyl (C=O) groups excluding carboxylic acids is 2. The molecule has 29 heavy (non-hydrogen) atoms. The van der Waals surface area contributed by atoms with E-state index in [1.807, 2.05) is 68.4 Å². The largest absolute Gasteiger partial charge is 0.349 e. The molecule has 0 aliphatic carbocycles. The Balaban J connectivity index is 1.43. The predicted octanol–water partition coefficient (Wildman–Crippen LogP) is 4.21. The predicted molar refractivity (Wildman–Crippen MR) is 118 cm³/mol. The molecule has 2 N–H and O–H groups in total. The van der Waals surface area contributed by atoms with Crippen molar-refractivity contribution in [3.8, 4) is 0 Å². The first kappa shape index (κ1) is 21.0. The molecule has 0 radical (unpaired) electrons. The van der Waals surface area contributed by atoms with Gasteiger partial charge in [-0.2, -0.15) is 0 Å². The number of amides is 2. The second-order valence-corrected chi connectivity index (χ2v) is 8.56. The molecule has 0 spiro atoms. The van der Waals surface area contributed by atoms with Crippen molar-refractivity contribution in [2.75, 3.05) is 11.1 Å². The Labute approximate surface area is 178 Å². The van der Waals surface area contributed by atoms with Gasteiger partial charge in [0.05, 0.1) is 11.8 Å². The molecule has 2 amide bonds. The summed E-state index contributed by atoms with van der Waals surface area (Å²) in [5.74, 6) is 0.537. The van der Waals surface area contributed by atoms with Crippen LogP contribution >= 0.6 is 23.1 Å². The Morgan fingerprint density at radius 3 is 2.52 bits per heavy atom. The highest BCUT2D eigenvalue weighted by Gasteiger charge is 2.14. The summed E-state index contributed by atoms with van der Waals surface area (Å²) in [6.07, 6.45) is 0. The Morgan fingerprint density at radius 1 is 1.07 bits per heavy atom. The van der Waals surface area contributed by atoms with Crippen LogP contribution in [0.3, 0.4) is 0 Å². The van der Waals surface area contributed by atoms with E-state index in [1.165, 1.54) is 23.1 Å². The molecule has 0 saturated carbocycles. The molecule has 3 aromatic rings. The van der Waals surface area contributed by atoms with Gasteiger partial charge < -0.3 is 10.6 Å². The minimum atomic E-state index is -0.281. The zero-order valence-corrected chi connectivity index (χ0v) is 17.8. The Morgan fingerprint density at radius 2 is 1.79 bits per heavy atom. The van der Waals surface area contributed by atoms with Gasteiger partial charge in [-0.1, -0.05) is 59.4 Å². The number of anilines is 1. The first-order valence-electron chi connectivity index (χ1n) is 9.13. The van der Waals surface area contributed by atoms with Crippen LogP contribution in [0.4, 0.5) is 5.69 Å². The maximum Gasteiger partial charge on any atom is 0.286 e. The molecule has 6 nitrogen and oxygen atoms in total. The van der Waals surface area contributed by atoms with E-state index < -0.39 is 0 Å². The van der Waals surface area contributed by atoms with Crippen molar-refractivity contribution >= 4 is 40.6 Å². The van der Waals surface area contributed by atoms with E-state index in [4.69, 9.17) is 0 Å². The van der Waals surface area contributed by atoms with Crippen molar-refractivity contribution in [1.82, 2.24) is 15.5 Å². The molecule has 1 atom stereocenters. The number of aromatic nitrogens is 2. The normalized spacial score (nSPS) is 11.7. The summed E-state index contributed by atoms with van der Waals surface area (Å²) in [7, 11) is 0. The van der Waals surface area contributed by atoms with Crippen LogP contribution in [0.1, 0.15) is 38.9 Å². The quantitative estimate of drug-likeness (QED) is 0.564. The molecule has 150 valence electrons. The van der Waals surface area contributed by atoms with E-state index in [-0.39, 0.29) is 17.9 Å². The maximum absolute atomic E-state index is 12.3. The molecular weight excluding hydrogens is 404 g/mol. The summed E-state index contributed by atoms with van der Waals surface area (Å²) >= 11 is 2.69. The van der Waals surface area contributed by atoms with E-state index in [1.54, 1.807) is 0 Å². The van der Waals surface area contributed by atoms with Crippen LogP contribution in [-0.2, 0) is 10.5 Å². The van der Waals surface area contributed by atoms with Gasteiger partial charge in [0.25, 0.3) is 5.91 Å². The van der Waals surface area contributed by atoms with Gasteiger partial charge in [-0.3, -0.25) is 9.59 Å². The van der Waals surface area contributed by atoms with Crippen LogP contribution < -0.4 is 10.6 Å². The first-order valence-corrected chi connectivity index (χ1v) is 11.1. The molecule has 0 bridgehead atoms. The number of hydrogen-bond donors (Lipinski definition) is 2. The van der Waals surface area contributed by atoms with Gasteiger partial charge in [-0.05, 0) is 31.5 Å². The van der Waals surface area contributed by atoms with E-state index >= 15 is 0 Å². The van der Waals surface area contributed by atoms with Crippen molar-refractivity contribution < 1.29 is 9.59 Å². The number of aryl methyl sites for hydroxylation is 1. The highest BCUT2D eigenvalue weighted by atomic mass is 32.2. The molecule has 2 aromatic carbocycles. The van der Waals surface area contributed by atoms with Crippen LogP contribution in [0.25, 0.3) is 0 Å². The number of nitrogens with zero attached hydrogens (tertiary/aromatic N) is 2. The van der Waals surface area contributed by atoms with Crippen LogP contribution in [0.15, 0.2) is 54.6 Å². The zero-order valence-electron chi connectivity index (χ0n) is 16.2. The lowest BCUT2D eigenvalue weighted by Crippen LogP contribution is -2.28. The smallest absolute Gasteiger partial charge is 0.286 e. The molecular formula is C21H22N4O2S2. The van der Waals surface area contributed by atoms with Crippen LogP contribution in [0.2, 0.25) is 0 Å². The highest BCUT2D eigenvalue weighted by molar-refractivity contribution is 7.99. The van der Waals surface area contributed by atoms with Crippen molar-refractivity contribution in [1.29, 1.82) is 0 Å². The average Bonchev–Trinajstić information content (AvgIpc) is 3.19. The SMILES string of the molecule is Cc1ccc(NC(=O)c2nnc(CSCC(=O)NC(C)c3ccccc3)s2)cc1. The summed E-state index contributed by atoms with van der Waals surface area (Å²) in [5.41, 5.74) is 2.91. The van der Waals surface area contributed by atoms with E-state index in [0.29, 0.717) is 21.5 Å². The molecule has 0 saturated heterocycles. The van der Waals surface area contributed by atoms with Gasteiger partial charge >= 0.3 is 0 Å². The number of thioether (sulfide) groups is 1. The van der Waals surface area contributed by atoms with Gasteiger partial charge in [-0.15, -0.1) is 22.0 Å². The molecule has 3 rings (SSSR count). The summed E-state index contributed by atoms with van der Waals surface area (Å²) in [5, 5.41) is 14.8. The Bertz CT molecular complexity index is 958. The molecule has 1 heterocycles. The fraction of sp³-hybridized carbons (Fsp3) is 0.238.